The number of hydrogen-bond donors (Lipinski definition) is 3. The first kappa shape index (κ1) is 21.5. The molecule has 160 valence electrons. The van der Waals surface area contributed by atoms with Crippen molar-refractivity contribution in [3.63, 3.8) is 0 Å². The van der Waals surface area contributed by atoms with Crippen LogP contribution in [0, 0.1) is 6.92 Å². The monoisotopic (exact) mass is 463 g/mol. The van der Waals surface area contributed by atoms with Crippen molar-refractivity contribution >= 4 is 56.4 Å². The van der Waals surface area contributed by atoms with Crippen LogP contribution in [0.4, 0.5) is 5.69 Å². The average molecular weight is 464 g/mol. The lowest BCUT2D eigenvalue weighted by Crippen LogP contribution is -2.41. The molecule has 0 spiro atoms. The van der Waals surface area contributed by atoms with E-state index in [0.717, 1.165) is 15.6 Å². The summed E-state index contributed by atoms with van der Waals surface area (Å²) in [5.41, 5.74) is 7.10. The van der Waals surface area contributed by atoms with Gasteiger partial charge in [0.15, 0.2) is 0 Å². The van der Waals surface area contributed by atoms with Gasteiger partial charge in [-0.25, -0.2) is 0 Å². The number of hydrazine groups is 1. The van der Waals surface area contributed by atoms with E-state index in [1.165, 1.54) is 11.3 Å². The molecule has 0 atom stereocenters. The van der Waals surface area contributed by atoms with Gasteiger partial charge in [0.1, 0.15) is 4.88 Å². The normalized spacial score (nSPS) is 10.6. The minimum absolute atomic E-state index is 0.318. The summed E-state index contributed by atoms with van der Waals surface area (Å²) in [6, 6.07) is 20.7. The van der Waals surface area contributed by atoms with Crippen LogP contribution in [-0.2, 0) is 0 Å². The quantitative estimate of drug-likeness (QED) is 0.364. The number of thiophene rings is 1. The Morgan fingerprint density at radius 1 is 0.781 bits per heavy atom. The number of aryl methyl sites for hydroxylation is 1. The van der Waals surface area contributed by atoms with Gasteiger partial charge in [-0.15, -0.1) is 11.3 Å². The van der Waals surface area contributed by atoms with E-state index in [0.29, 0.717) is 26.7 Å². The van der Waals surface area contributed by atoms with Gasteiger partial charge in [-0.3, -0.25) is 25.2 Å². The third-order valence-electron chi connectivity index (χ3n) is 4.72. The Labute approximate surface area is 193 Å². The molecule has 8 heteroatoms. The minimum Gasteiger partial charge on any atom is -0.321 e. The summed E-state index contributed by atoms with van der Waals surface area (Å²) in [6.07, 6.45) is 0. The van der Waals surface area contributed by atoms with E-state index in [1.807, 2.05) is 25.1 Å². The van der Waals surface area contributed by atoms with E-state index in [-0.39, 0.29) is 5.91 Å². The second kappa shape index (κ2) is 9.21. The average Bonchev–Trinajstić information content (AvgIpc) is 3.14. The fraction of sp³-hybridized carbons (Fsp3) is 0.0417. The van der Waals surface area contributed by atoms with E-state index in [2.05, 4.69) is 16.2 Å². The van der Waals surface area contributed by atoms with Gasteiger partial charge in [-0.2, -0.15) is 0 Å². The zero-order valence-corrected chi connectivity index (χ0v) is 18.5. The number of nitrogens with one attached hydrogen (secondary N) is 3. The zero-order chi connectivity index (χ0) is 22.7. The van der Waals surface area contributed by atoms with Gasteiger partial charge in [0.05, 0.1) is 5.02 Å². The maximum atomic E-state index is 12.7. The smallest absolute Gasteiger partial charge is 0.269 e. The van der Waals surface area contributed by atoms with Gasteiger partial charge in [0.2, 0.25) is 0 Å². The molecule has 3 aromatic carbocycles. The Hall–Kier alpha value is -3.68. The number of hydrogen-bond acceptors (Lipinski definition) is 4. The van der Waals surface area contributed by atoms with Gasteiger partial charge >= 0.3 is 0 Å². The third kappa shape index (κ3) is 4.64. The summed E-state index contributed by atoms with van der Waals surface area (Å²) < 4.78 is 0.949. The highest BCUT2D eigenvalue weighted by molar-refractivity contribution is 7.21. The Morgan fingerprint density at radius 2 is 1.41 bits per heavy atom. The molecule has 4 aromatic rings. The van der Waals surface area contributed by atoms with E-state index in [9.17, 15) is 14.4 Å². The Morgan fingerprint density at radius 3 is 2.06 bits per heavy atom. The molecule has 3 amide bonds. The highest BCUT2D eigenvalue weighted by Crippen LogP contribution is 2.36. The maximum absolute atomic E-state index is 12.7. The minimum atomic E-state index is -0.477. The Kier molecular flexibility index (Phi) is 6.20. The molecular weight excluding hydrogens is 446 g/mol. The van der Waals surface area contributed by atoms with Crippen LogP contribution in [0.3, 0.4) is 0 Å². The van der Waals surface area contributed by atoms with Crippen LogP contribution in [0.1, 0.15) is 36.0 Å². The number of amides is 3. The molecule has 0 aliphatic rings. The highest BCUT2D eigenvalue weighted by Gasteiger charge is 2.17. The zero-order valence-electron chi connectivity index (χ0n) is 16.9. The lowest BCUT2D eigenvalue weighted by atomic mass is 10.2. The third-order valence-corrected chi connectivity index (χ3v) is 6.38. The first-order valence-electron chi connectivity index (χ1n) is 9.68. The number of benzene rings is 3. The van der Waals surface area contributed by atoms with E-state index in [4.69, 9.17) is 11.6 Å². The van der Waals surface area contributed by atoms with Crippen molar-refractivity contribution < 1.29 is 14.4 Å². The molecule has 0 fully saturated rings. The van der Waals surface area contributed by atoms with Gasteiger partial charge in [0.25, 0.3) is 17.7 Å². The molecule has 0 aliphatic carbocycles. The fourth-order valence-electron chi connectivity index (χ4n) is 3.06. The van der Waals surface area contributed by atoms with Crippen molar-refractivity contribution in [3.05, 3.63) is 99.4 Å². The molecule has 0 saturated heterocycles. The van der Waals surface area contributed by atoms with Crippen molar-refractivity contribution in [3.8, 4) is 0 Å². The van der Waals surface area contributed by atoms with Gasteiger partial charge in [-0.05, 0) is 55.0 Å². The van der Waals surface area contributed by atoms with Crippen LogP contribution >= 0.6 is 22.9 Å². The summed E-state index contributed by atoms with van der Waals surface area (Å²) in [7, 11) is 0. The number of carbonyl (C=O) groups is 3. The second-order valence-corrected chi connectivity index (χ2v) is 8.48. The van der Waals surface area contributed by atoms with E-state index < -0.39 is 11.8 Å². The SMILES string of the molecule is Cc1ccc2c(Cl)c(C(=O)Nc3ccc(C(=O)NNC(=O)c4ccccc4)cc3)sc2c1. The Bertz CT molecular complexity index is 1320. The van der Waals surface area contributed by atoms with Crippen LogP contribution < -0.4 is 16.2 Å². The van der Waals surface area contributed by atoms with Gasteiger partial charge < -0.3 is 5.32 Å². The second-order valence-electron chi connectivity index (χ2n) is 7.05. The molecule has 6 nitrogen and oxygen atoms in total. The van der Waals surface area contributed by atoms with Crippen LogP contribution in [-0.4, -0.2) is 17.7 Å². The predicted octanol–water partition coefficient (Wildman–Crippen LogP) is 5.19. The Balaban J connectivity index is 1.39. The summed E-state index contributed by atoms with van der Waals surface area (Å²) in [5, 5.41) is 4.07. The van der Waals surface area contributed by atoms with Crippen molar-refractivity contribution in [1.82, 2.24) is 10.9 Å². The molecule has 0 radical (unpaired) electrons. The van der Waals surface area contributed by atoms with Crippen molar-refractivity contribution in [1.29, 1.82) is 0 Å². The molecule has 0 saturated carbocycles. The fourth-order valence-corrected chi connectivity index (χ4v) is 4.57. The number of anilines is 1. The molecule has 3 N–H and O–H groups in total. The van der Waals surface area contributed by atoms with Crippen molar-refractivity contribution in [2.24, 2.45) is 0 Å². The van der Waals surface area contributed by atoms with Crippen LogP contribution in [0.5, 0.6) is 0 Å². The first-order valence-corrected chi connectivity index (χ1v) is 10.9. The predicted molar refractivity (Wildman–Crippen MR) is 127 cm³/mol. The summed E-state index contributed by atoms with van der Waals surface area (Å²) in [4.78, 5) is 37.4. The standard InChI is InChI=1S/C24H18ClN3O3S/c1-14-7-12-18-19(13-14)32-21(20(18)25)24(31)26-17-10-8-16(9-11-17)23(30)28-27-22(29)15-5-3-2-4-6-15/h2-13H,1H3,(H,26,31)(H,27,29)(H,28,30). The van der Waals surface area contributed by atoms with E-state index in [1.54, 1.807) is 54.6 Å². The number of rotatable bonds is 4. The molecule has 1 aromatic heterocycles. The van der Waals surface area contributed by atoms with Crippen LogP contribution in [0.25, 0.3) is 10.1 Å². The lowest BCUT2D eigenvalue weighted by Gasteiger charge is -2.08. The molecule has 1 heterocycles. The molecule has 0 unspecified atom stereocenters. The molecule has 0 aliphatic heterocycles. The van der Waals surface area contributed by atoms with Crippen molar-refractivity contribution in [2.45, 2.75) is 6.92 Å². The van der Waals surface area contributed by atoms with Crippen LogP contribution in [0.15, 0.2) is 72.8 Å². The van der Waals surface area contributed by atoms with Gasteiger partial charge in [0, 0.05) is 26.9 Å². The summed E-state index contributed by atoms with van der Waals surface area (Å²) in [5.74, 6) is -1.21. The first-order chi connectivity index (χ1) is 15.4. The lowest BCUT2D eigenvalue weighted by molar-refractivity contribution is 0.0846. The largest absolute Gasteiger partial charge is 0.321 e. The summed E-state index contributed by atoms with van der Waals surface area (Å²) in [6.45, 7) is 1.98. The number of halogens is 1. The highest BCUT2D eigenvalue weighted by atomic mass is 35.5. The maximum Gasteiger partial charge on any atom is 0.269 e. The number of fused-ring (bicyclic) bond motifs is 1. The van der Waals surface area contributed by atoms with Crippen molar-refractivity contribution in [2.75, 3.05) is 5.32 Å². The summed E-state index contributed by atoms with van der Waals surface area (Å²) >= 11 is 7.74. The topological polar surface area (TPSA) is 87.3 Å². The van der Waals surface area contributed by atoms with Gasteiger partial charge in [-0.1, -0.05) is 41.9 Å². The molecule has 32 heavy (non-hydrogen) atoms. The van der Waals surface area contributed by atoms with Crippen LogP contribution in [0.2, 0.25) is 5.02 Å². The molecular formula is C24H18ClN3O3S. The number of carbonyl (C=O) groups excluding carboxylic acids is 3. The van der Waals surface area contributed by atoms with E-state index >= 15 is 0 Å². The molecule has 0 bridgehead atoms. The molecule has 4 rings (SSSR count).